The normalized spacial score (nSPS) is 14.3. The van der Waals surface area contributed by atoms with Crippen LogP contribution < -0.4 is 15.0 Å². The second kappa shape index (κ2) is 7.34. The zero-order valence-electron chi connectivity index (χ0n) is 13.7. The fourth-order valence-corrected chi connectivity index (χ4v) is 2.92. The monoisotopic (exact) mass is 328 g/mol. The molecular weight excluding hydrogens is 307 g/mol. The predicted octanol–water partition coefficient (Wildman–Crippen LogP) is 4.08. The zero-order valence-corrected chi connectivity index (χ0v) is 13.7. The number of ether oxygens (including phenoxy) is 1. The van der Waals surface area contributed by atoms with E-state index >= 15 is 0 Å². The van der Waals surface area contributed by atoms with E-state index in [2.05, 4.69) is 10.2 Å². The first-order chi connectivity index (χ1) is 11.7. The second-order valence-corrected chi connectivity index (χ2v) is 5.90. The number of nitrogens with one attached hydrogen (secondary N) is 1. The quantitative estimate of drug-likeness (QED) is 0.919. The van der Waals surface area contributed by atoms with Crippen LogP contribution in [0, 0.1) is 5.82 Å². The van der Waals surface area contributed by atoms with Crippen molar-refractivity contribution in [3.63, 3.8) is 0 Å². The maximum Gasteiger partial charge on any atom is 0.255 e. The van der Waals surface area contributed by atoms with Crippen molar-refractivity contribution in [2.75, 3.05) is 30.4 Å². The van der Waals surface area contributed by atoms with Gasteiger partial charge in [0.1, 0.15) is 11.6 Å². The van der Waals surface area contributed by atoms with Crippen LogP contribution in [0.15, 0.2) is 42.5 Å². The summed E-state index contributed by atoms with van der Waals surface area (Å²) in [7, 11) is 1.57. The molecule has 0 saturated carbocycles. The molecule has 0 unspecified atom stereocenters. The number of nitrogens with zero attached hydrogens (tertiary/aromatic N) is 1. The molecule has 1 aliphatic rings. The van der Waals surface area contributed by atoms with Crippen molar-refractivity contribution in [1.82, 2.24) is 0 Å². The molecule has 0 aliphatic carbocycles. The van der Waals surface area contributed by atoms with Gasteiger partial charge in [0.05, 0.1) is 12.8 Å². The van der Waals surface area contributed by atoms with Gasteiger partial charge in [0, 0.05) is 24.3 Å². The molecule has 0 radical (unpaired) electrons. The maximum absolute atomic E-state index is 14.4. The lowest BCUT2D eigenvalue weighted by atomic mass is 10.1. The third-order valence-corrected chi connectivity index (χ3v) is 4.25. The summed E-state index contributed by atoms with van der Waals surface area (Å²) in [6.07, 6.45) is 3.39. The molecule has 0 aromatic heterocycles. The summed E-state index contributed by atoms with van der Waals surface area (Å²) in [6, 6.07) is 11.6. The Labute approximate surface area is 141 Å². The van der Waals surface area contributed by atoms with Crippen molar-refractivity contribution in [3.05, 3.63) is 53.8 Å². The molecule has 2 aromatic rings. The molecule has 0 atom stereocenters. The maximum atomic E-state index is 14.4. The average Bonchev–Trinajstić information content (AvgIpc) is 2.62. The van der Waals surface area contributed by atoms with E-state index in [9.17, 15) is 9.18 Å². The first kappa shape index (κ1) is 16.3. The van der Waals surface area contributed by atoms with Crippen molar-refractivity contribution in [2.24, 2.45) is 0 Å². The molecular formula is C19H21FN2O2. The number of benzene rings is 2. The van der Waals surface area contributed by atoms with Gasteiger partial charge in [-0.05, 0) is 61.7 Å². The van der Waals surface area contributed by atoms with Crippen molar-refractivity contribution in [1.29, 1.82) is 0 Å². The highest BCUT2D eigenvalue weighted by molar-refractivity contribution is 6.04. The van der Waals surface area contributed by atoms with Gasteiger partial charge in [-0.25, -0.2) is 4.39 Å². The molecule has 4 nitrogen and oxygen atoms in total. The highest BCUT2D eigenvalue weighted by Gasteiger charge is 2.15. The van der Waals surface area contributed by atoms with Crippen LogP contribution in [0.1, 0.15) is 29.6 Å². The Morgan fingerprint density at radius 1 is 1.08 bits per heavy atom. The molecule has 0 bridgehead atoms. The molecule has 1 aliphatic heterocycles. The summed E-state index contributed by atoms with van der Waals surface area (Å²) in [6.45, 7) is 1.77. The minimum absolute atomic E-state index is 0.275. The summed E-state index contributed by atoms with van der Waals surface area (Å²) in [4.78, 5) is 14.3. The molecule has 1 fully saturated rings. The molecule has 1 amide bonds. The lowest BCUT2D eigenvalue weighted by molar-refractivity contribution is 0.102. The van der Waals surface area contributed by atoms with Crippen LogP contribution in [0.2, 0.25) is 0 Å². The van der Waals surface area contributed by atoms with Crippen LogP contribution in [0.5, 0.6) is 5.75 Å². The number of hydrogen-bond acceptors (Lipinski definition) is 3. The van der Waals surface area contributed by atoms with E-state index in [0.717, 1.165) is 25.9 Å². The largest absolute Gasteiger partial charge is 0.497 e. The van der Waals surface area contributed by atoms with Crippen molar-refractivity contribution in [3.8, 4) is 5.75 Å². The molecule has 126 valence electrons. The number of hydrogen-bond donors (Lipinski definition) is 1. The Kier molecular flexibility index (Phi) is 4.99. The first-order valence-electron chi connectivity index (χ1n) is 8.17. The molecule has 24 heavy (non-hydrogen) atoms. The van der Waals surface area contributed by atoms with Gasteiger partial charge >= 0.3 is 0 Å². The molecule has 1 N–H and O–H groups in total. The summed E-state index contributed by atoms with van der Waals surface area (Å²) in [5.74, 6) is 0.107. The van der Waals surface area contributed by atoms with Gasteiger partial charge in [-0.15, -0.1) is 0 Å². The number of piperidine rings is 1. The lowest BCUT2D eigenvalue weighted by Gasteiger charge is -2.29. The highest BCUT2D eigenvalue weighted by Crippen LogP contribution is 2.26. The van der Waals surface area contributed by atoms with Gasteiger partial charge in [-0.1, -0.05) is 0 Å². The Balaban J connectivity index is 1.70. The summed E-state index contributed by atoms with van der Waals surface area (Å²) >= 11 is 0. The predicted molar refractivity (Wildman–Crippen MR) is 93.4 cm³/mol. The van der Waals surface area contributed by atoms with Crippen LogP contribution in [0.3, 0.4) is 0 Å². The van der Waals surface area contributed by atoms with Crippen molar-refractivity contribution in [2.45, 2.75) is 19.3 Å². The summed E-state index contributed by atoms with van der Waals surface area (Å²) in [5.41, 5.74) is 1.56. The number of carbonyl (C=O) groups excluding carboxylic acids is 1. The number of anilines is 2. The number of halogens is 1. The number of rotatable bonds is 4. The minimum Gasteiger partial charge on any atom is -0.497 e. The molecule has 0 spiro atoms. The lowest BCUT2D eigenvalue weighted by Crippen LogP contribution is -2.30. The third-order valence-electron chi connectivity index (χ3n) is 4.25. The molecule has 5 heteroatoms. The topological polar surface area (TPSA) is 41.6 Å². The fourth-order valence-electron chi connectivity index (χ4n) is 2.92. The van der Waals surface area contributed by atoms with Gasteiger partial charge in [0.15, 0.2) is 0 Å². The van der Waals surface area contributed by atoms with Gasteiger partial charge in [0.2, 0.25) is 0 Å². The zero-order chi connectivity index (χ0) is 16.9. The Morgan fingerprint density at radius 3 is 2.42 bits per heavy atom. The molecule has 2 aromatic carbocycles. The number of methoxy groups -OCH3 is 1. The fraction of sp³-hybridized carbons (Fsp3) is 0.316. The molecule has 1 saturated heterocycles. The van der Waals surface area contributed by atoms with Crippen molar-refractivity contribution >= 4 is 17.3 Å². The first-order valence-corrected chi connectivity index (χ1v) is 8.17. The van der Waals surface area contributed by atoms with Crippen LogP contribution in [0.25, 0.3) is 0 Å². The van der Waals surface area contributed by atoms with E-state index in [1.165, 1.54) is 12.5 Å². The SMILES string of the molecule is COc1ccc(C(=O)Nc2ccc(N3CCCCC3)c(F)c2)cc1. The summed E-state index contributed by atoms with van der Waals surface area (Å²) < 4.78 is 19.4. The number of carbonyl (C=O) groups is 1. The third kappa shape index (κ3) is 3.67. The highest BCUT2D eigenvalue weighted by atomic mass is 19.1. The molecule has 1 heterocycles. The van der Waals surface area contributed by atoms with E-state index < -0.39 is 0 Å². The van der Waals surface area contributed by atoms with E-state index in [4.69, 9.17) is 4.74 Å². The van der Waals surface area contributed by atoms with Gasteiger partial charge in [-0.2, -0.15) is 0 Å². The van der Waals surface area contributed by atoms with Crippen molar-refractivity contribution < 1.29 is 13.9 Å². The summed E-state index contributed by atoms with van der Waals surface area (Å²) in [5, 5.41) is 2.73. The van der Waals surface area contributed by atoms with Gasteiger partial charge in [0.25, 0.3) is 5.91 Å². The van der Waals surface area contributed by atoms with Crippen LogP contribution in [0.4, 0.5) is 15.8 Å². The van der Waals surface area contributed by atoms with Gasteiger partial charge in [-0.3, -0.25) is 4.79 Å². The van der Waals surface area contributed by atoms with E-state index in [1.807, 2.05) is 0 Å². The molecule has 3 rings (SSSR count). The Hall–Kier alpha value is -2.56. The van der Waals surface area contributed by atoms with E-state index in [-0.39, 0.29) is 11.7 Å². The van der Waals surface area contributed by atoms with E-state index in [0.29, 0.717) is 22.7 Å². The van der Waals surface area contributed by atoms with Crippen LogP contribution in [-0.2, 0) is 0 Å². The average molecular weight is 328 g/mol. The van der Waals surface area contributed by atoms with Crippen LogP contribution >= 0.6 is 0 Å². The van der Waals surface area contributed by atoms with Gasteiger partial charge < -0.3 is 15.0 Å². The minimum atomic E-state index is -0.301. The van der Waals surface area contributed by atoms with E-state index in [1.54, 1.807) is 43.5 Å². The smallest absolute Gasteiger partial charge is 0.255 e. The Morgan fingerprint density at radius 2 is 1.79 bits per heavy atom. The Bertz CT molecular complexity index is 710. The standard InChI is InChI=1S/C19H21FN2O2/c1-24-16-8-5-14(6-9-16)19(23)21-15-7-10-18(17(20)13-15)22-11-3-2-4-12-22/h5-10,13H,2-4,11-12H2,1H3,(H,21,23). The number of amides is 1. The van der Waals surface area contributed by atoms with Crippen LogP contribution in [-0.4, -0.2) is 26.1 Å². The second-order valence-electron chi connectivity index (χ2n) is 5.90.